The number of hydrogen-bond acceptors (Lipinski definition) is 5. The molecule has 1 aromatic rings. The van der Waals surface area contributed by atoms with Crippen molar-refractivity contribution in [3.63, 3.8) is 0 Å². The molecule has 0 bridgehead atoms. The van der Waals surface area contributed by atoms with Gasteiger partial charge in [0, 0.05) is 12.5 Å². The van der Waals surface area contributed by atoms with E-state index in [1.54, 1.807) is 13.0 Å². The van der Waals surface area contributed by atoms with Gasteiger partial charge in [-0.2, -0.15) is 0 Å². The van der Waals surface area contributed by atoms with Crippen LogP contribution in [-0.2, 0) is 16.0 Å². The van der Waals surface area contributed by atoms with E-state index < -0.39 is 17.5 Å². The summed E-state index contributed by atoms with van der Waals surface area (Å²) in [5.74, 6) is 0.606. The van der Waals surface area contributed by atoms with Crippen molar-refractivity contribution < 1.29 is 23.9 Å². The summed E-state index contributed by atoms with van der Waals surface area (Å²) >= 11 is 0. The lowest BCUT2D eigenvalue weighted by Crippen LogP contribution is -2.47. The molecule has 2 fully saturated rings. The molecule has 0 aromatic heterocycles. The van der Waals surface area contributed by atoms with Crippen molar-refractivity contribution in [3.8, 4) is 11.5 Å². The summed E-state index contributed by atoms with van der Waals surface area (Å²) < 4.78 is 10.7. The number of fused-ring (bicyclic) bond motifs is 1. The lowest BCUT2D eigenvalue weighted by Gasteiger charge is -2.24. The van der Waals surface area contributed by atoms with Crippen molar-refractivity contribution in [1.82, 2.24) is 15.5 Å². The van der Waals surface area contributed by atoms with Crippen LogP contribution in [0.5, 0.6) is 11.5 Å². The number of benzene rings is 1. The zero-order valence-corrected chi connectivity index (χ0v) is 16.0. The first-order valence-electron chi connectivity index (χ1n) is 9.77. The maximum absolute atomic E-state index is 12.9. The summed E-state index contributed by atoms with van der Waals surface area (Å²) in [6, 6.07) is 5.05. The first-order chi connectivity index (χ1) is 13.4. The number of nitrogens with one attached hydrogen (secondary N) is 2. The van der Waals surface area contributed by atoms with Crippen molar-refractivity contribution in [1.29, 1.82) is 0 Å². The molecule has 150 valence electrons. The van der Waals surface area contributed by atoms with Crippen molar-refractivity contribution >= 4 is 17.8 Å². The molecule has 1 saturated carbocycles. The maximum Gasteiger partial charge on any atom is 0.325 e. The fraction of sp³-hybridized carbons (Fsp3) is 0.550. The number of ether oxygens (including phenoxy) is 2. The van der Waals surface area contributed by atoms with Gasteiger partial charge in [0.2, 0.25) is 12.7 Å². The quantitative estimate of drug-likeness (QED) is 0.750. The van der Waals surface area contributed by atoms with E-state index in [4.69, 9.17) is 9.47 Å². The molecule has 3 aliphatic rings. The van der Waals surface area contributed by atoms with E-state index in [0.29, 0.717) is 17.9 Å². The van der Waals surface area contributed by atoms with Crippen LogP contribution in [0.25, 0.3) is 0 Å². The maximum atomic E-state index is 12.9. The highest BCUT2D eigenvalue weighted by atomic mass is 16.7. The number of nitrogens with zero attached hydrogens (tertiary/aromatic N) is 1. The molecule has 1 saturated heterocycles. The Bertz CT molecular complexity index is 805. The molecule has 1 unspecified atom stereocenters. The number of carbonyl (C=O) groups excluding carboxylic acids is 3. The second-order valence-electron chi connectivity index (χ2n) is 7.92. The van der Waals surface area contributed by atoms with Gasteiger partial charge in [0.1, 0.15) is 12.1 Å². The number of rotatable bonds is 5. The Hall–Kier alpha value is -2.77. The molecule has 1 atom stereocenters. The molecule has 1 aromatic carbocycles. The molecule has 1 aliphatic carbocycles. The summed E-state index contributed by atoms with van der Waals surface area (Å²) in [5.41, 5.74) is -0.260. The van der Waals surface area contributed by atoms with Crippen LogP contribution in [0.2, 0.25) is 0 Å². The standard InChI is InChI=1S/C20H25N3O5/c1-20(10-13-7-8-15-16(9-13)28-12-27-15)18(25)23(19(26)22-20)11-17(24)21-14-5-3-2-4-6-14/h7-9,14H,2-6,10-12H2,1H3,(H,21,24)(H,22,26). The molecular weight excluding hydrogens is 362 g/mol. The Morgan fingerprint density at radius 2 is 1.96 bits per heavy atom. The van der Waals surface area contributed by atoms with Gasteiger partial charge in [0.25, 0.3) is 5.91 Å². The zero-order chi connectivity index (χ0) is 19.7. The third-order valence-corrected chi connectivity index (χ3v) is 5.61. The van der Waals surface area contributed by atoms with E-state index in [9.17, 15) is 14.4 Å². The fourth-order valence-electron chi connectivity index (χ4n) is 4.13. The highest BCUT2D eigenvalue weighted by molar-refractivity contribution is 6.09. The largest absolute Gasteiger partial charge is 0.454 e. The second kappa shape index (κ2) is 7.33. The molecule has 28 heavy (non-hydrogen) atoms. The van der Waals surface area contributed by atoms with E-state index in [2.05, 4.69) is 10.6 Å². The van der Waals surface area contributed by atoms with Gasteiger partial charge in [0.05, 0.1) is 0 Å². The van der Waals surface area contributed by atoms with Crippen LogP contribution in [0.4, 0.5) is 4.79 Å². The van der Waals surface area contributed by atoms with Gasteiger partial charge in [0.15, 0.2) is 11.5 Å². The first kappa shape index (κ1) is 18.6. The highest BCUT2D eigenvalue weighted by Crippen LogP contribution is 2.34. The van der Waals surface area contributed by atoms with Gasteiger partial charge in [-0.3, -0.25) is 14.5 Å². The minimum atomic E-state index is -1.10. The molecule has 0 radical (unpaired) electrons. The summed E-state index contributed by atoms with van der Waals surface area (Å²) in [7, 11) is 0. The van der Waals surface area contributed by atoms with Crippen LogP contribution in [0.15, 0.2) is 18.2 Å². The van der Waals surface area contributed by atoms with Crippen LogP contribution in [-0.4, -0.2) is 47.7 Å². The smallest absolute Gasteiger partial charge is 0.325 e. The van der Waals surface area contributed by atoms with Gasteiger partial charge in [-0.25, -0.2) is 4.79 Å². The third-order valence-electron chi connectivity index (χ3n) is 5.61. The van der Waals surface area contributed by atoms with E-state index in [1.165, 1.54) is 6.42 Å². The Labute approximate surface area is 163 Å². The predicted octanol–water partition coefficient (Wildman–Crippen LogP) is 1.72. The summed E-state index contributed by atoms with van der Waals surface area (Å²) in [6.45, 7) is 1.60. The van der Waals surface area contributed by atoms with Gasteiger partial charge < -0.3 is 20.1 Å². The van der Waals surface area contributed by atoms with E-state index in [-0.39, 0.29) is 25.3 Å². The number of hydrogen-bond donors (Lipinski definition) is 2. The molecular formula is C20H25N3O5. The van der Waals surface area contributed by atoms with Crippen molar-refractivity contribution in [2.45, 2.75) is 57.0 Å². The topological polar surface area (TPSA) is 97.0 Å². The van der Waals surface area contributed by atoms with Crippen LogP contribution >= 0.6 is 0 Å². The number of imide groups is 1. The molecule has 0 spiro atoms. The number of amides is 4. The van der Waals surface area contributed by atoms with E-state index >= 15 is 0 Å². The second-order valence-corrected chi connectivity index (χ2v) is 7.92. The van der Waals surface area contributed by atoms with Gasteiger partial charge in [-0.1, -0.05) is 25.3 Å². The minimum absolute atomic E-state index is 0.141. The molecule has 4 rings (SSSR count). The first-order valence-corrected chi connectivity index (χ1v) is 9.77. The Balaban J connectivity index is 1.40. The molecule has 2 aliphatic heterocycles. The predicted molar refractivity (Wildman–Crippen MR) is 99.9 cm³/mol. The monoisotopic (exact) mass is 387 g/mol. The summed E-state index contributed by atoms with van der Waals surface area (Å²) in [5, 5.41) is 5.69. The number of urea groups is 1. The van der Waals surface area contributed by atoms with Gasteiger partial charge >= 0.3 is 6.03 Å². The van der Waals surface area contributed by atoms with Gasteiger partial charge in [-0.15, -0.1) is 0 Å². The third kappa shape index (κ3) is 3.63. The normalized spacial score (nSPS) is 24.4. The van der Waals surface area contributed by atoms with E-state index in [1.807, 2.05) is 12.1 Å². The number of carbonyl (C=O) groups is 3. The average molecular weight is 387 g/mol. The average Bonchev–Trinajstić information content (AvgIpc) is 3.21. The summed E-state index contributed by atoms with van der Waals surface area (Å²) in [6.07, 6.45) is 5.59. The molecule has 2 N–H and O–H groups in total. The van der Waals surface area contributed by atoms with Crippen LogP contribution in [0.3, 0.4) is 0 Å². The molecule has 8 heteroatoms. The Morgan fingerprint density at radius 3 is 2.75 bits per heavy atom. The van der Waals surface area contributed by atoms with Crippen LogP contribution in [0.1, 0.15) is 44.6 Å². The van der Waals surface area contributed by atoms with Crippen LogP contribution in [0, 0.1) is 0 Å². The van der Waals surface area contributed by atoms with Gasteiger partial charge in [-0.05, 0) is 37.5 Å². The highest BCUT2D eigenvalue weighted by Gasteiger charge is 2.48. The Morgan fingerprint density at radius 1 is 1.21 bits per heavy atom. The molecule has 4 amide bonds. The van der Waals surface area contributed by atoms with E-state index in [0.717, 1.165) is 36.1 Å². The SMILES string of the molecule is CC1(Cc2ccc3c(c2)OCO3)NC(=O)N(CC(=O)NC2CCCCC2)C1=O. The van der Waals surface area contributed by atoms with Crippen LogP contribution < -0.4 is 20.1 Å². The van der Waals surface area contributed by atoms with Crippen molar-refractivity contribution in [2.24, 2.45) is 0 Å². The lowest BCUT2D eigenvalue weighted by molar-refractivity contribution is -0.134. The summed E-state index contributed by atoms with van der Waals surface area (Å²) in [4.78, 5) is 38.6. The molecule has 8 nitrogen and oxygen atoms in total. The van der Waals surface area contributed by atoms with Crippen molar-refractivity contribution in [2.75, 3.05) is 13.3 Å². The molecule has 2 heterocycles. The lowest BCUT2D eigenvalue weighted by atomic mass is 9.92. The zero-order valence-electron chi connectivity index (χ0n) is 16.0. The Kier molecular flexibility index (Phi) is 4.87. The minimum Gasteiger partial charge on any atom is -0.454 e. The van der Waals surface area contributed by atoms with Crippen molar-refractivity contribution in [3.05, 3.63) is 23.8 Å². The fourth-order valence-corrected chi connectivity index (χ4v) is 4.13.